The van der Waals surface area contributed by atoms with Gasteiger partial charge in [0, 0.05) is 38.6 Å². The van der Waals surface area contributed by atoms with Gasteiger partial charge in [0.1, 0.15) is 23.5 Å². The van der Waals surface area contributed by atoms with Gasteiger partial charge in [0.25, 0.3) is 0 Å². The molecule has 0 amide bonds. The largest absolute Gasteiger partial charge is 0.466 e. The van der Waals surface area contributed by atoms with Crippen molar-refractivity contribution < 1.29 is 23.8 Å². The van der Waals surface area contributed by atoms with Crippen LogP contribution in [0.1, 0.15) is 56.6 Å². The molecule has 0 aliphatic rings. The second kappa shape index (κ2) is 16.5. The van der Waals surface area contributed by atoms with Gasteiger partial charge < -0.3 is 24.1 Å². The fourth-order valence-electron chi connectivity index (χ4n) is 6.05. The van der Waals surface area contributed by atoms with E-state index >= 15 is 0 Å². The molecule has 2 aromatic heterocycles. The fraction of sp³-hybridized carbons (Fsp3) is 0.385. The third-order valence-electron chi connectivity index (χ3n) is 8.20. The minimum absolute atomic E-state index is 0.134. The second-order valence-electron chi connectivity index (χ2n) is 12.7. The van der Waals surface area contributed by atoms with Crippen molar-refractivity contribution >= 4 is 39.7 Å². The number of nitrogens with zero attached hydrogens (tertiary/aromatic N) is 4. The number of hydrogen-bond donors (Lipinski definition) is 1. The molecule has 0 fully saturated rings. The first-order chi connectivity index (χ1) is 23.7. The highest BCUT2D eigenvalue weighted by molar-refractivity contribution is 6.07. The molecule has 0 spiro atoms. The number of benzene rings is 3. The lowest BCUT2D eigenvalue weighted by molar-refractivity contribution is -0.159. The molecule has 49 heavy (non-hydrogen) atoms. The van der Waals surface area contributed by atoms with Gasteiger partial charge in [0.2, 0.25) is 0 Å². The van der Waals surface area contributed by atoms with Crippen LogP contribution in [-0.2, 0) is 56.5 Å². The second-order valence-corrected chi connectivity index (χ2v) is 12.7. The van der Waals surface area contributed by atoms with Crippen molar-refractivity contribution in [1.29, 1.82) is 0 Å². The Morgan fingerprint density at radius 3 is 2.14 bits per heavy atom. The Labute approximate surface area is 288 Å². The van der Waals surface area contributed by atoms with Gasteiger partial charge in [-0.3, -0.25) is 14.5 Å². The van der Waals surface area contributed by atoms with Gasteiger partial charge in [0.05, 0.1) is 30.7 Å². The zero-order chi connectivity index (χ0) is 34.8. The zero-order valence-corrected chi connectivity index (χ0v) is 29.2. The first-order valence-electron chi connectivity index (χ1n) is 16.9. The third kappa shape index (κ3) is 9.43. The highest BCUT2D eigenvalue weighted by Gasteiger charge is 2.29. The summed E-state index contributed by atoms with van der Waals surface area (Å²) in [5.41, 5.74) is 4.71. The topological polar surface area (TPSA) is 108 Å². The Balaban J connectivity index is 1.43. The Morgan fingerprint density at radius 1 is 0.857 bits per heavy atom. The van der Waals surface area contributed by atoms with Crippen LogP contribution < -0.4 is 5.32 Å². The molecule has 10 heteroatoms. The van der Waals surface area contributed by atoms with E-state index in [2.05, 4.69) is 39.0 Å². The van der Waals surface area contributed by atoms with Crippen molar-refractivity contribution in [2.75, 3.05) is 32.1 Å². The lowest BCUT2D eigenvalue weighted by atomic mass is 10.1. The molecule has 5 rings (SSSR count). The van der Waals surface area contributed by atoms with Crippen molar-refractivity contribution in [3.63, 3.8) is 0 Å². The van der Waals surface area contributed by atoms with Gasteiger partial charge in [-0.05, 0) is 56.9 Å². The maximum atomic E-state index is 13.6. The Kier molecular flexibility index (Phi) is 12.0. The van der Waals surface area contributed by atoms with Crippen LogP contribution in [0.4, 0.5) is 5.82 Å². The third-order valence-corrected chi connectivity index (χ3v) is 8.20. The highest BCUT2D eigenvalue weighted by atomic mass is 16.6. The minimum atomic E-state index is -0.883. The number of carbonyl (C=O) groups is 2. The van der Waals surface area contributed by atoms with Crippen molar-refractivity contribution in [3.05, 3.63) is 101 Å². The molecule has 0 unspecified atom stereocenters. The van der Waals surface area contributed by atoms with Crippen molar-refractivity contribution in [2.24, 2.45) is 0 Å². The van der Waals surface area contributed by atoms with Crippen LogP contribution in [0.15, 0.2) is 78.9 Å². The molecule has 5 aromatic rings. The van der Waals surface area contributed by atoms with E-state index in [0.29, 0.717) is 69.5 Å². The van der Waals surface area contributed by atoms with E-state index in [1.807, 2.05) is 82.4 Å². The molecule has 0 saturated carbocycles. The number of rotatable bonds is 17. The van der Waals surface area contributed by atoms with Crippen LogP contribution in [0.25, 0.3) is 21.9 Å². The SMILES string of the molecule is CCOCc1nc2c(NC)nc3cc(CCC(=O)OCC)ccc3c2n1CC(C)(C)OC(=O)CN(Cc1ccccc1)Cc1ccccc1. The Bertz CT molecular complexity index is 1810. The maximum Gasteiger partial charge on any atom is 0.320 e. The molecular weight excluding hydrogens is 618 g/mol. The number of fused-ring (bicyclic) bond motifs is 3. The summed E-state index contributed by atoms with van der Waals surface area (Å²) in [4.78, 5) is 37.6. The summed E-state index contributed by atoms with van der Waals surface area (Å²) in [6.07, 6.45) is 0.845. The number of ether oxygens (including phenoxy) is 3. The van der Waals surface area contributed by atoms with Gasteiger partial charge in [-0.2, -0.15) is 0 Å². The van der Waals surface area contributed by atoms with Crippen LogP contribution in [0.5, 0.6) is 0 Å². The number of esters is 2. The molecule has 0 aliphatic heterocycles. The number of nitrogens with one attached hydrogen (secondary N) is 1. The predicted octanol–water partition coefficient (Wildman–Crippen LogP) is 6.68. The van der Waals surface area contributed by atoms with E-state index in [0.717, 1.165) is 33.1 Å². The van der Waals surface area contributed by atoms with Gasteiger partial charge in [-0.15, -0.1) is 0 Å². The molecule has 0 bridgehead atoms. The highest BCUT2D eigenvalue weighted by Crippen LogP contribution is 2.33. The van der Waals surface area contributed by atoms with Crippen molar-refractivity contribution in [3.8, 4) is 0 Å². The molecule has 258 valence electrons. The van der Waals surface area contributed by atoms with E-state index in [-0.39, 0.29) is 18.5 Å². The molecule has 0 radical (unpaired) electrons. The quantitative estimate of drug-likeness (QED) is 0.109. The lowest BCUT2D eigenvalue weighted by Gasteiger charge is -2.29. The van der Waals surface area contributed by atoms with Gasteiger partial charge in [-0.25, -0.2) is 9.97 Å². The average Bonchev–Trinajstić information content (AvgIpc) is 3.43. The minimum Gasteiger partial charge on any atom is -0.466 e. The zero-order valence-electron chi connectivity index (χ0n) is 29.2. The molecule has 3 aromatic carbocycles. The van der Waals surface area contributed by atoms with Crippen LogP contribution >= 0.6 is 0 Å². The summed E-state index contributed by atoms with van der Waals surface area (Å²) in [5.74, 6) is 0.823. The summed E-state index contributed by atoms with van der Waals surface area (Å²) in [6, 6.07) is 26.3. The normalized spacial score (nSPS) is 11.7. The first-order valence-corrected chi connectivity index (χ1v) is 16.9. The van der Waals surface area contributed by atoms with Gasteiger partial charge >= 0.3 is 11.9 Å². The first kappa shape index (κ1) is 35.5. The monoisotopic (exact) mass is 665 g/mol. The molecule has 0 atom stereocenters. The standard InChI is InChI=1S/C39H47N5O5/c1-6-47-26-33-42-36-37(31-20-18-28(19-21-34(45)48-7-2)22-32(31)41-38(36)40-5)44(33)27-39(3,4)49-35(46)25-43(23-29-14-10-8-11-15-29)24-30-16-12-9-13-17-30/h8-18,20,22H,6-7,19,21,23-27H2,1-5H3,(H,40,41). The Hall–Kier alpha value is -4.80. The van der Waals surface area contributed by atoms with Crippen LogP contribution in [0.3, 0.4) is 0 Å². The van der Waals surface area contributed by atoms with Crippen molar-refractivity contribution in [1.82, 2.24) is 19.4 Å². The Morgan fingerprint density at radius 2 is 1.53 bits per heavy atom. The summed E-state index contributed by atoms with van der Waals surface area (Å²) >= 11 is 0. The average molecular weight is 666 g/mol. The number of carbonyl (C=O) groups excluding carboxylic acids is 2. The molecule has 10 nitrogen and oxygen atoms in total. The number of imidazole rings is 1. The molecule has 1 N–H and O–H groups in total. The van der Waals surface area contributed by atoms with E-state index < -0.39 is 5.60 Å². The van der Waals surface area contributed by atoms with E-state index in [1.54, 1.807) is 6.92 Å². The van der Waals surface area contributed by atoms with E-state index in [9.17, 15) is 9.59 Å². The number of aryl methyl sites for hydroxylation is 1. The predicted molar refractivity (Wildman–Crippen MR) is 192 cm³/mol. The fourth-order valence-corrected chi connectivity index (χ4v) is 6.05. The number of hydrogen-bond acceptors (Lipinski definition) is 9. The summed E-state index contributed by atoms with van der Waals surface area (Å²) < 4.78 is 19.3. The lowest BCUT2D eigenvalue weighted by Crippen LogP contribution is -2.38. The van der Waals surface area contributed by atoms with E-state index in [4.69, 9.17) is 24.2 Å². The molecule has 0 aliphatic carbocycles. The van der Waals surface area contributed by atoms with Crippen LogP contribution in [-0.4, -0.2) is 63.8 Å². The van der Waals surface area contributed by atoms with Crippen LogP contribution in [0.2, 0.25) is 0 Å². The maximum absolute atomic E-state index is 13.6. The van der Waals surface area contributed by atoms with Gasteiger partial charge in [0.15, 0.2) is 5.82 Å². The summed E-state index contributed by atoms with van der Waals surface area (Å²) in [6.45, 7) is 10.5. The number of pyridine rings is 1. The molecule has 0 saturated heterocycles. The smallest absolute Gasteiger partial charge is 0.320 e. The molecule has 2 heterocycles. The summed E-state index contributed by atoms with van der Waals surface area (Å²) in [7, 11) is 1.82. The molecular formula is C39H47N5O5. The van der Waals surface area contributed by atoms with Crippen LogP contribution in [0, 0.1) is 0 Å². The van der Waals surface area contributed by atoms with Gasteiger partial charge in [-0.1, -0.05) is 72.8 Å². The number of aromatic nitrogens is 3. The van der Waals surface area contributed by atoms with Crippen molar-refractivity contribution in [2.45, 2.75) is 72.4 Å². The van der Waals surface area contributed by atoms with E-state index in [1.165, 1.54) is 0 Å². The summed E-state index contributed by atoms with van der Waals surface area (Å²) in [5, 5.41) is 4.11. The number of anilines is 1.